The van der Waals surface area contributed by atoms with Gasteiger partial charge in [-0.3, -0.25) is 4.57 Å². The highest BCUT2D eigenvalue weighted by Crippen LogP contribution is 2.28. The van der Waals surface area contributed by atoms with Crippen LogP contribution >= 0.6 is 11.8 Å². The zero-order chi connectivity index (χ0) is 17.5. The molecule has 0 aliphatic carbocycles. The SMILES string of the molecule is CCOc1ccc(-n2c(SCCOC)nnc2-c2ccccc2)cc1. The number of hydrogen-bond donors (Lipinski definition) is 0. The Balaban J connectivity index is 1.99. The molecule has 0 saturated heterocycles. The highest BCUT2D eigenvalue weighted by molar-refractivity contribution is 7.99. The van der Waals surface area contributed by atoms with E-state index in [1.165, 1.54) is 0 Å². The van der Waals surface area contributed by atoms with E-state index in [1.54, 1.807) is 18.9 Å². The molecule has 3 rings (SSSR count). The van der Waals surface area contributed by atoms with Gasteiger partial charge in [0, 0.05) is 24.1 Å². The number of ether oxygens (including phenoxy) is 2. The summed E-state index contributed by atoms with van der Waals surface area (Å²) in [6, 6.07) is 18.1. The Morgan fingerprint density at radius 2 is 1.76 bits per heavy atom. The van der Waals surface area contributed by atoms with E-state index >= 15 is 0 Å². The first-order chi connectivity index (χ1) is 12.3. The van der Waals surface area contributed by atoms with Gasteiger partial charge in [0.1, 0.15) is 5.75 Å². The maximum Gasteiger partial charge on any atom is 0.196 e. The minimum Gasteiger partial charge on any atom is -0.494 e. The van der Waals surface area contributed by atoms with E-state index < -0.39 is 0 Å². The third-order valence-corrected chi connectivity index (χ3v) is 4.48. The number of aromatic nitrogens is 3. The quantitative estimate of drug-likeness (QED) is 0.450. The molecule has 0 bridgehead atoms. The largest absolute Gasteiger partial charge is 0.494 e. The molecule has 2 aromatic carbocycles. The molecule has 3 aromatic rings. The van der Waals surface area contributed by atoms with Gasteiger partial charge in [-0.15, -0.1) is 10.2 Å². The van der Waals surface area contributed by atoms with E-state index in [-0.39, 0.29) is 0 Å². The van der Waals surface area contributed by atoms with Crippen molar-refractivity contribution in [3.63, 3.8) is 0 Å². The van der Waals surface area contributed by atoms with Crippen LogP contribution in [0, 0.1) is 0 Å². The van der Waals surface area contributed by atoms with E-state index in [4.69, 9.17) is 9.47 Å². The fourth-order valence-corrected chi connectivity index (χ4v) is 3.30. The van der Waals surface area contributed by atoms with Gasteiger partial charge in [0.05, 0.1) is 13.2 Å². The first-order valence-corrected chi connectivity index (χ1v) is 9.18. The van der Waals surface area contributed by atoms with Crippen LogP contribution in [0.1, 0.15) is 6.92 Å². The number of rotatable bonds is 8. The number of thioether (sulfide) groups is 1. The molecule has 0 aliphatic heterocycles. The lowest BCUT2D eigenvalue weighted by Gasteiger charge is -2.11. The van der Waals surface area contributed by atoms with Crippen LogP contribution in [0.4, 0.5) is 0 Å². The van der Waals surface area contributed by atoms with Gasteiger partial charge in [-0.05, 0) is 31.2 Å². The van der Waals surface area contributed by atoms with Gasteiger partial charge < -0.3 is 9.47 Å². The van der Waals surface area contributed by atoms with E-state index in [2.05, 4.69) is 14.8 Å². The second-order valence-corrected chi connectivity index (χ2v) is 6.34. The van der Waals surface area contributed by atoms with Gasteiger partial charge in [-0.1, -0.05) is 42.1 Å². The molecule has 5 nitrogen and oxygen atoms in total. The van der Waals surface area contributed by atoms with Crippen molar-refractivity contribution in [1.29, 1.82) is 0 Å². The second-order valence-electron chi connectivity index (χ2n) is 5.28. The monoisotopic (exact) mass is 355 g/mol. The molecule has 0 amide bonds. The minimum atomic E-state index is 0.652. The average Bonchev–Trinajstić information content (AvgIpc) is 3.07. The number of nitrogens with zero attached hydrogens (tertiary/aromatic N) is 3. The molecule has 6 heteroatoms. The summed E-state index contributed by atoms with van der Waals surface area (Å²) in [6.07, 6.45) is 0. The smallest absolute Gasteiger partial charge is 0.196 e. The zero-order valence-corrected chi connectivity index (χ0v) is 15.2. The van der Waals surface area contributed by atoms with Gasteiger partial charge >= 0.3 is 0 Å². The summed E-state index contributed by atoms with van der Waals surface area (Å²) < 4.78 is 12.8. The van der Waals surface area contributed by atoms with Gasteiger partial charge in [0.2, 0.25) is 0 Å². The van der Waals surface area contributed by atoms with Gasteiger partial charge in [0.25, 0.3) is 0 Å². The third kappa shape index (κ3) is 4.21. The van der Waals surface area contributed by atoms with Gasteiger partial charge in [-0.25, -0.2) is 0 Å². The van der Waals surface area contributed by atoms with Crippen LogP contribution in [-0.4, -0.2) is 40.8 Å². The van der Waals surface area contributed by atoms with Gasteiger partial charge in [0.15, 0.2) is 11.0 Å². The number of methoxy groups -OCH3 is 1. The maximum atomic E-state index is 5.54. The second kappa shape index (κ2) is 8.69. The Morgan fingerprint density at radius 1 is 1.00 bits per heavy atom. The normalized spacial score (nSPS) is 10.8. The average molecular weight is 355 g/mol. The Morgan fingerprint density at radius 3 is 2.44 bits per heavy atom. The lowest BCUT2D eigenvalue weighted by atomic mass is 10.2. The van der Waals surface area contributed by atoms with Crippen molar-refractivity contribution >= 4 is 11.8 Å². The van der Waals surface area contributed by atoms with Crippen LogP contribution in [-0.2, 0) is 4.74 Å². The molecule has 0 spiro atoms. The summed E-state index contributed by atoms with van der Waals surface area (Å²) in [4.78, 5) is 0. The van der Waals surface area contributed by atoms with Crippen LogP contribution in [0.2, 0.25) is 0 Å². The summed E-state index contributed by atoms with van der Waals surface area (Å²) in [7, 11) is 1.70. The minimum absolute atomic E-state index is 0.652. The molecule has 130 valence electrons. The fourth-order valence-electron chi connectivity index (χ4n) is 2.44. The van der Waals surface area contributed by atoms with Crippen LogP contribution in [0.3, 0.4) is 0 Å². The van der Waals surface area contributed by atoms with Crippen molar-refractivity contribution in [2.24, 2.45) is 0 Å². The topological polar surface area (TPSA) is 49.2 Å². The van der Waals surface area contributed by atoms with Crippen molar-refractivity contribution in [3.05, 3.63) is 54.6 Å². The Labute approximate surface area is 152 Å². The van der Waals surface area contributed by atoms with Crippen LogP contribution in [0.15, 0.2) is 59.8 Å². The summed E-state index contributed by atoms with van der Waals surface area (Å²) in [6.45, 7) is 3.30. The van der Waals surface area contributed by atoms with E-state index in [0.717, 1.165) is 33.7 Å². The maximum absolute atomic E-state index is 5.54. The first kappa shape index (κ1) is 17.5. The predicted molar refractivity (Wildman–Crippen MR) is 101 cm³/mol. The van der Waals surface area contributed by atoms with Crippen molar-refractivity contribution in [2.45, 2.75) is 12.1 Å². The molecule has 25 heavy (non-hydrogen) atoms. The van der Waals surface area contributed by atoms with Crippen molar-refractivity contribution < 1.29 is 9.47 Å². The third-order valence-electron chi connectivity index (χ3n) is 3.59. The van der Waals surface area contributed by atoms with E-state index in [1.807, 2.05) is 61.5 Å². The van der Waals surface area contributed by atoms with Crippen molar-refractivity contribution in [1.82, 2.24) is 14.8 Å². The standard InChI is InChI=1S/C19H21N3O2S/c1-3-24-17-11-9-16(10-12-17)22-18(15-7-5-4-6-8-15)20-21-19(22)25-14-13-23-2/h4-12H,3,13-14H2,1-2H3. The molecular formula is C19H21N3O2S. The van der Waals surface area contributed by atoms with Crippen molar-refractivity contribution in [2.75, 3.05) is 26.1 Å². The molecule has 1 heterocycles. The Hall–Kier alpha value is -2.31. The van der Waals surface area contributed by atoms with Crippen molar-refractivity contribution in [3.8, 4) is 22.8 Å². The lowest BCUT2D eigenvalue weighted by Crippen LogP contribution is -2.01. The summed E-state index contributed by atoms with van der Waals surface area (Å²) in [5.41, 5.74) is 2.04. The molecule has 0 atom stereocenters. The first-order valence-electron chi connectivity index (χ1n) is 8.19. The number of benzene rings is 2. The highest BCUT2D eigenvalue weighted by Gasteiger charge is 2.16. The van der Waals surface area contributed by atoms with E-state index in [0.29, 0.717) is 13.2 Å². The Bertz CT molecular complexity index is 788. The predicted octanol–water partition coefficient (Wildman–Crippen LogP) is 4.07. The highest BCUT2D eigenvalue weighted by atomic mass is 32.2. The number of hydrogen-bond acceptors (Lipinski definition) is 5. The van der Waals surface area contributed by atoms with Crippen LogP contribution in [0.5, 0.6) is 5.75 Å². The van der Waals surface area contributed by atoms with Crippen LogP contribution in [0.25, 0.3) is 17.1 Å². The molecule has 0 fully saturated rings. The molecule has 0 aliphatic rings. The lowest BCUT2D eigenvalue weighted by molar-refractivity contribution is 0.218. The van der Waals surface area contributed by atoms with Crippen LogP contribution < -0.4 is 4.74 Å². The molecule has 0 N–H and O–H groups in total. The molecule has 0 unspecified atom stereocenters. The Kier molecular flexibility index (Phi) is 6.09. The summed E-state index contributed by atoms with van der Waals surface area (Å²) >= 11 is 1.63. The molecule has 0 radical (unpaired) electrons. The summed E-state index contributed by atoms with van der Waals surface area (Å²) in [5.74, 6) is 2.50. The molecule has 1 aromatic heterocycles. The zero-order valence-electron chi connectivity index (χ0n) is 14.4. The molecular weight excluding hydrogens is 334 g/mol. The van der Waals surface area contributed by atoms with E-state index in [9.17, 15) is 0 Å². The van der Waals surface area contributed by atoms with Gasteiger partial charge in [-0.2, -0.15) is 0 Å². The molecule has 0 saturated carbocycles. The fraction of sp³-hybridized carbons (Fsp3) is 0.263. The summed E-state index contributed by atoms with van der Waals surface area (Å²) in [5, 5.41) is 9.66.